The van der Waals surface area contributed by atoms with Crippen LogP contribution < -0.4 is 0 Å². The Labute approximate surface area is 197 Å². The van der Waals surface area contributed by atoms with Crippen molar-refractivity contribution in [1.82, 2.24) is 0 Å². The number of carbonyl (C=O) groups excluding carboxylic acids is 1. The van der Waals surface area contributed by atoms with Gasteiger partial charge in [0.2, 0.25) is 0 Å². The summed E-state index contributed by atoms with van der Waals surface area (Å²) >= 11 is 0. The first-order chi connectivity index (χ1) is 15.6. The van der Waals surface area contributed by atoms with E-state index >= 15 is 0 Å². The molecule has 0 aromatic rings. The molecule has 4 fully saturated rings. The second-order valence-corrected chi connectivity index (χ2v) is 12.2. The lowest BCUT2D eigenvalue weighted by molar-refractivity contribution is -0.305. The van der Waals surface area contributed by atoms with Gasteiger partial charge in [0, 0.05) is 5.92 Å². The van der Waals surface area contributed by atoms with Crippen molar-refractivity contribution < 1.29 is 29.6 Å². The van der Waals surface area contributed by atoms with Gasteiger partial charge in [-0.25, -0.2) is 0 Å². The molecule has 5 aliphatic rings. The third-order valence-corrected chi connectivity index (χ3v) is 10.7. The van der Waals surface area contributed by atoms with Gasteiger partial charge in [0.25, 0.3) is 0 Å². The summed E-state index contributed by atoms with van der Waals surface area (Å²) in [5.41, 5.74) is 1.82. The van der Waals surface area contributed by atoms with Crippen LogP contribution in [0.3, 0.4) is 0 Å². The highest BCUT2D eigenvalue weighted by molar-refractivity contribution is 5.79. The Kier molecular flexibility index (Phi) is 6.10. The van der Waals surface area contributed by atoms with Crippen LogP contribution in [-0.4, -0.2) is 57.9 Å². The summed E-state index contributed by atoms with van der Waals surface area (Å²) in [6.07, 6.45) is 5.77. The quantitative estimate of drug-likeness (QED) is 0.557. The lowest BCUT2D eigenvalue weighted by Gasteiger charge is -2.58. The summed E-state index contributed by atoms with van der Waals surface area (Å²) in [5, 5.41) is 30.4. The van der Waals surface area contributed by atoms with E-state index in [9.17, 15) is 20.1 Å². The zero-order valence-corrected chi connectivity index (χ0v) is 20.6. The average molecular weight is 463 g/mol. The number of rotatable bonds is 3. The molecule has 12 atom stereocenters. The zero-order chi connectivity index (χ0) is 23.7. The Morgan fingerprint density at radius 1 is 1.03 bits per heavy atom. The standard InChI is InChI=1S/C27H42O6/c1-14(28)19-7-8-20-18-6-5-16-13-17(33-25-24(31)23(30)22(29)15(2)32-25)9-11-26(16,3)21(18)10-12-27(19,20)4/h5,15,17-25,29-31H,6-13H2,1-4H3/t15-,17?,18+,19-,20+,21+,22+,23+,24-,25+,26+,27-/m1/s1. The first-order valence-electron chi connectivity index (χ1n) is 13.1. The molecule has 6 heteroatoms. The second-order valence-electron chi connectivity index (χ2n) is 12.2. The molecule has 6 nitrogen and oxygen atoms in total. The van der Waals surface area contributed by atoms with Crippen LogP contribution in [0.25, 0.3) is 0 Å². The molecule has 0 radical (unpaired) electrons. The van der Waals surface area contributed by atoms with E-state index in [1.54, 1.807) is 13.8 Å². The highest BCUT2D eigenvalue weighted by Gasteiger charge is 2.59. The van der Waals surface area contributed by atoms with Gasteiger partial charge in [-0.1, -0.05) is 25.5 Å². The lowest BCUT2D eigenvalue weighted by Crippen LogP contribution is -2.58. The van der Waals surface area contributed by atoms with Gasteiger partial charge in [-0.05, 0) is 93.8 Å². The Bertz CT molecular complexity index is 810. The van der Waals surface area contributed by atoms with Crippen LogP contribution in [0.4, 0.5) is 0 Å². The number of aliphatic hydroxyl groups excluding tert-OH is 3. The maximum atomic E-state index is 12.4. The van der Waals surface area contributed by atoms with Crippen molar-refractivity contribution in [3.63, 3.8) is 0 Å². The third-order valence-electron chi connectivity index (χ3n) is 10.7. The van der Waals surface area contributed by atoms with Crippen molar-refractivity contribution in [3.8, 4) is 0 Å². The lowest BCUT2D eigenvalue weighted by atomic mass is 9.47. The largest absolute Gasteiger partial charge is 0.388 e. The number of carbonyl (C=O) groups is 1. The fourth-order valence-corrected chi connectivity index (χ4v) is 8.73. The van der Waals surface area contributed by atoms with E-state index in [1.807, 2.05) is 0 Å². The highest BCUT2D eigenvalue weighted by Crippen LogP contribution is 2.66. The molecule has 0 aromatic heterocycles. The molecule has 1 heterocycles. The predicted molar refractivity (Wildman–Crippen MR) is 123 cm³/mol. The van der Waals surface area contributed by atoms with Gasteiger partial charge in [-0.2, -0.15) is 0 Å². The van der Waals surface area contributed by atoms with E-state index in [1.165, 1.54) is 18.4 Å². The average Bonchev–Trinajstić information content (AvgIpc) is 3.13. The molecular weight excluding hydrogens is 420 g/mol. The van der Waals surface area contributed by atoms with E-state index in [2.05, 4.69) is 19.9 Å². The molecule has 0 bridgehead atoms. The number of ketones is 1. The van der Waals surface area contributed by atoms with E-state index in [0.29, 0.717) is 23.5 Å². The number of fused-ring (bicyclic) bond motifs is 5. The number of hydrogen-bond donors (Lipinski definition) is 3. The summed E-state index contributed by atoms with van der Waals surface area (Å²) in [6.45, 7) is 8.31. The molecule has 3 saturated carbocycles. The predicted octanol–water partition coefficient (Wildman–Crippen LogP) is 3.37. The van der Waals surface area contributed by atoms with Crippen molar-refractivity contribution >= 4 is 5.78 Å². The first-order valence-corrected chi connectivity index (χ1v) is 13.1. The molecule has 0 amide bonds. The van der Waals surface area contributed by atoms with E-state index in [4.69, 9.17) is 9.47 Å². The van der Waals surface area contributed by atoms with Crippen molar-refractivity contribution in [3.05, 3.63) is 11.6 Å². The summed E-state index contributed by atoms with van der Waals surface area (Å²) in [7, 11) is 0. The maximum Gasteiger partial charge on any atom is 0.186 e. The smallest absolute Gasteiger partial charge is 0.186 e. The molecule has 5 rings (SSSR count). The number of hydrogen-bond acceptors (Lipinski definition) is 6. The summed E-state index contributed by atoms with van der Waals surface area (Å²) in [6, 6.07) is 0. The molecule has 1 saturated heterocycles. The van der Waals surface area contributed by atoms with E-state index in [-0.39, 0.29) is 22.9 Å². The first kappa shape index (κ1) is 23.9. The van der Waals surface area contributed by atoms with Gasteiger partial charge < -0.3 is 24.8 Å². The Morgan fingerprint density at radius 3 is 2.52 bits per heavy atom. The second kappa shape index (κ2) is 8.41. The fourth-order valence-electron chi connectivity index (χ4n) is 8.73. The molecule has 33 heavy (non-hydrogen) atoms. The molecular formula is C27H42O6. The molecule has 186 valence electrons. The SMILES string of the molecule is CC(=O)[C@H]1CC[C@H]2[C@@H]3CC=C4CC(O[C@@H]5O[C@H](C)[C@H](O)[C@H](O)[C@H]5O)CC[C@]4(C)[C@H]3CC[C@]12C. The van der Waals surface area contributed by atoms with Gasteiger partial charge in [0.15, 0.2) is 6.29 Å². The van der Waals surface area contributed by atoms with Crippen LogP contribution in [0.2, 0.25) is 0 Å². The molecule has 4 aliphatic carbocycles. The van der Waals surface area contributed by atoms with Crippen LogP contribution in [0.15, 0.2) is 11.6 Å². The minimum absolute atomic E-state index is 0.0578. The summed E-state index contributed by atoms with van der Waals surface area (Å²) in [5.74, 6) is 2.60. The number of ether oxygens (including phenoxy) is 2. The van der Waals surface area contributed by atoms with Crippen LogP contribution in [0.5, 0.6) is 0 Å². The number of allylic oxidation sites excluding steroid dienone is 1. The minimum atomic E-state index is -1.26. The van der Waals surface area contributed by atoms with Gasteiger partial charge in [0.05, 0.1) is 12.2 Å². The summed E-state index contributed by atoms with van der Waals surface area (Å²) < 4.78 is 11.9. The highest BCUT2D eigenvalue weighted by atomic mass is 16.7. The van der Waals surface area contributed by atoms with Crippen LogP contribution in [0, 0.1) is 34.5 Å². The molecule has 1 aliphatic heterocycles. The Balaban J connectivity index is 1.30. The van der Waals surface area contributed by atoms with Gasteiger partial charge in [0.1, 0.15) is 24.1 Å². The van der Waals surface area contributed by atoms with Crippen LogP contribution in [0.1, 0.15) is 79.1 Å². The van der Waals surface area contributed by atoms with Crippen LogP contribution in [-0.2, 0) is 14.3 Å². The molecule has 0 aromatic carbocycles. The van der Waals surface area contributed by atoms with Crippen molar-refractivity contribution in [1.29, 1.82) is 0 Å². The van der Waals surface area contributed by atoms with Gasteiger partial charge >= 0.3 is 0 Å². The summed E-state index contributed by atoms with van der Waals surface area (Å²) in [4.78, 5) is 12.4. The minimum Gasteiger partial charge on any atom is -0.388 e. The Hall–Kier alpha value is -0.790. The number of Topliss-reactive ketones (excluding diaryl/α,β-unsaturated/α-hetero) is 1. The third kappa shape index (κ3) is 3.67. The van der Waals surface area contributed by atoms with Gasteiger partial charge in [-0.3, -0.25) is 4.79 Å². The van der Waals surface area contributed by atoms with Crippen molar-refractivity contribution in [2.45, 2.75) is 116 Å². The Morgan fingerprint density at radius 2 is 1.79 bits per heavy atom. The fraction of sp³-hybridized carbons (Fsp3) is 0.889. The van der Waals surface area contributed by atoms with E-state index < -0.39 is 30.7 Å². The van der Waals surface area contributed by atoms with Gasteiger partial charge in [-0.15, -0.1) is 0 Å². The molecule has 3 N–H and O–H groups in total. The van der Waals surface area contributed by atoms with Crippen molar-refractivity contribution in [2.24, 2.45) is 34.5 Å². The monoisotopic (exact) mass is 462 g/mol. The topological polar surface area (TPSA) is 96.2 Å². The van der Waals surface area contributed by atoms with Crippen molar-refractivity contribution in [2.75, 3.05) is 0 Å². The normalized spacial score (nSPS) is 54.1. The zero-order valence-electron chi connectivity index (χ0n) is 20.6. The van der Waals surface area contributed by atoms with Crippen LogP contribution >= 0.6 is 0 Å². The number of aliphatic hydroxyl groups is 3. The molecule has 0 spiro atoms. The maximum absolute atomic E-state index is 12.4. The van der Waals surface area contributed by atoms with E-state index in [0.717, 1.165) is 38.5 Å². The molecule has 1 unspecified atom stereocenters.